The molecule has 1 atom stereocenters. The molecule has 0 aliphatic rings. The van der Waals surface area contributed by atoms with E-state index in [4.69, 9.17) is 9.47 Å². The summed E-state index contributed by atoms with van der Waals surface area (Å²) in [5.41, 5.74) is 0.994. The molecule has 0 aliphatic carbocycles. The summed E-state index contributed by atoms with van der Waals surface area (Å²) in [6, 6.07) is 17.6. The molecule has 0 amide bonds. The van der Waals surface area contributed by atoms with E-state index in [1.54, 1.807) is 7.11 Å². The monoisotopic (exact) mass is 341 g/mol. The zero-order chi connectivity index (χ0) is 18.1. The van der Waals surface area contributed by atoms with Crippen LogP contribution in [-0.2, 0) is 14.9 Å². The minimum atomic E-state index is -0.845. The summed E-state index contributed by atoms with van der Waals surface area (Å²) in [6.45, 7) is 3.02. The molecule has 134 valence electrons. The number of hydrogen-bond acceptors (Lipinski definition) is 4. The van der Waals surface area contributed by atoms with Crippen molar-refractivity contribution in [3.8, 4) is 5.75 Å². The highest BCUT2D eigenvalue weighted by atomic mass is 16.5. The molecule has 0 aliphatic heterocycles. The van der Waals surface area contributed by atoms with Crippen molar-refractivity contribution < 1.29 is 14.3 Å². The van der Waals surface area contributed by atoms with Gasteiger partial charge in [0.05, 0.1) is 13.7 Å². The van der Waals surface area contributed by atoms with Crippen LogP contribution in [0.25, 0.3) is 0 Å². The Kier molecular flexibility index (Phi) is 7.02. The van der Waals surface area contributed by atoms with Crippen LogP contribution in [0, 0.1) is 0 Å². The predicted molar refractivity (Wildman–Crippen MR) is 100 cm³/mol. The molecule has 0 bridgehead atoms. The van der Waals surface area contributed by atoms with Gasteiger partial charge in [0.25, 0.3) is 0 Å². The molecule has 2 rings (SSSR count). The molecule has 1 unspecified atom stereocenters. The molecule has 0 heterocycles. The molecule has 0 radical (unpaired) electrons. The molecular weight excluding hydrogens is 314 g/mol. The maximum absolute atomic E-state index is 13.2. The van der Waals surface area contributed by atoms with Crippen LogP contribution >= 0.6 is 0 Å². The summed E-state index contributed by atoms with van der Waals surface area (Å²) < 4.78 is 10.9. The zero-order valence-corrected chi connectivity index (χ0v) is 15.2. The van der Waals surface area contributed by atoms with Gasteiger partial charge in [-0.1, -0.05) is 42.5 Å². The molecule has 0 saturated heterocycles. The lowest BCUT2D eigenvalue weighted by Gasteiger charge is -2.33. The van der Waals surface area contributed by atoms with Crippen LogP contribution in [0.4, 0.5) is 0 Å². The Morgan fingerprint density at radius 3 is 2.44 bits per heavy atom. The SMILES string of the molecule is CCOC(=O)C(CCCNC)(c1ccccc1)c1cccc(OC)c1. The number of methoxy groups -OCH3 is 1. The van der Waals surface area contributed by atoms with Crippen molar-refractivity contribution in [2.75, 3.05) is 27.3 Å². The van der Waals surface area contributed by atoms with E-state index in [1.807, 2.05) is 68.6 Å². The lowest BCUT2D eigenvalue weighted by Crippen LogP contribution is -2.39. The topological polar surface area (TPSA) is 47.6 Å². The predicted octanol–water partition coefficient (Wildman–Crippen LogP) is 3.54. The maximum Gasteiger partial charge on any atom is 0.321 e. The van der Waals surface area contributed by atoms with Crippen molar-refractivity contribution in [1.82, 2.24) is 5.32 Å². The fraction of sp³-hybridized carbons (Fsp3) is 0.381. The number of carbonyl (C=O) groups is 1. The second kappa shape index (κ2) is 9.23. The molecule has 2 aromatic rings. The van der Waals surface area contributed by atoms with Gasteiger partial charge in [0, 0.05) is 0 Å². The fourth-order valence-corrected chi connectivity index (χ4v) is 3.19. The molecule has 0 spiro atoms. The van der Waals surface area contributed by atoms with E-state index in [2.05, 4.69) is 5.32 Å². The smallest absolute Gasteiger partial charge is 0.321 e. The normalized spacial score (nSPS) is 13.1. The van der Waals surface area contributed by atoms with E-state index in [1.165, 1.54) is 0 Å². The summed E-state index contributed by atoms with van der Waals surface area (Å²) in [6.07, 6.45) is 1.51. The first kappa shape index (κ1) is 19.0. The highest BCUT2D eigenvalue weighted by Gasteiger charge is 2.43. The van der Waals surface area contributed by atoms with Gasteiger partial charge >= 0.3 is 5.97 Å². The van der Waals surface area contributed by atoms with E-state index in [0.717, 1.165) is 29.8 Å². The van der Waals surface area contributed by atoms with Gasteiger partial charge in [-0.3, -0.25) is 4.79 Å². The Balaban J connectivity index is 2.62. The number of hydrogen-bond donors (Lipinski definition) is 1. The van der Waals surface area contributed by atoms with Gasteiger partial charge in [0.1, 0.15) is 11.2 Å². The average Bonchev–Trinajstić information content (AvgIpc) is 2.66. The molecular formula is C21H27NO3. The van der Waals surface area contributed by atoms with Crippen LogP contribution in [0.3, 0.4) is 0 Å². The Bertz CT molecular complexity index is 672. The number of carbonyl (C=O) groups excluding carboxylic acids is 1. The summed E-state index contributed by atoms with van der Waals surface area (Å²) in [4.78, 5) is 13.2. The van der Waals surface area contributed by atoms with E-state index >= 15 is 0 Å². The van der Waals surface area contributed by atoms with Gasteiger partial charge in [-0.25, -0.2) is 0 Å². The highest BCUT2D eigenvalue weighted by Crippen LogP contribution is 2.39. The Labute approximate surface area is 150 Å². The number of nitrogens with one attached hydrogen (secondary N) is 1. The summed E-state index contributed by atoms with van der Waals surface area (Å²) >= 11 is 0. The van der Waals surface area contributed by atoms with Crippen molar-refractivity contribution in [3.05, 3.63) is 65.7 Å². The van der Waals surface area contributed by atoms with E-state index in [9.17, 15) is 4.79 Å². The molecule has 0 aromatic heterocycles. The average molecular weight is 341 g/mol. The van der Waals surface area contributed by atoms with Gasteiger partial charge in [-0.2, -0.15) is 0 Å². The standard InChI is InChI=1S/C21H27NO3/c1-4-25-20(23)21(14-9-15-22-2,17-10-6-5-7-11-17)18-12-8-13-19(16-18)24-3/h5-8,10-13,16,22H,4,9,14-15H2,1-3H3. The van der Waals surface area contributed by atoms with Crippen LogP contribution in [0.2, 0.25) is 0 Å². The minimum absolute atomic E-state index is 0.217. The van der Waals surface area contributed by atoms with Crippen molar-refractivity contribution in [1.29, 1.82) is 0 Å². The van der Waals surface area contributed by atoms with Gasteiger partial charge < -0.3 is 14.8 Å². The van der Waals surface area contributed by atoms with Crippen LogP contribution in [0.5, 0.6) is 5.75 Å². The Morgan fingerprint density at radius 2 is 1.80 bits per heavy atom. The lowest BCUT2D eigenvalue weighted by atomic mass is 9.71. The fourth-order valence-electron chi connectivity index (χ4n) is 3.19. The number of benzene rings is 2. The van der Waals surface area contributed by atoms with Crippen molar-refractivity contribution in [2.24, 2.45) is 0 Å². The van der Waals surface area contributed by atoms with Gasteiger partial charge in [-0.15, -0.1) is 0 Å². The van der Waals surface area contributed by atoms with E-state index in [0.29, 0.717) is 13.0 Å². The van der Waals surface area contributed by atoms with Gasteiger partial charge in [0.2, 0.25) is 0 Å². The Morgan fingerprint density at radius 1 is 1.08 bits per heavy atom. The third kappa shape index (κ3) is 4.20. The first-order chi connectivity index (χ1) is 12.2. The minimum Gasteiger partial charge on any atom is -0.497 e. The van der Waals surface area contributed by atoms with Crippen LogP contribution in [0.1, 0.15) is 30.9 Å². The lowest BCUT2D eigenvalue weighted by molar-refractivity contribution is -0.148. The molecule has 4 nitrogen and oxygen atoms in total. The first-order valence-corrected chi connectivity index (χ1v) is 8.71. The number of esters is 1. The number of ether oxygens (including phenoxy) is 2. The Hall–Kier alpha value is -2.33. The van der Waals surface area contributed by atoms with Crippen LogP contribution in [-0.4, -0.2) is 33.3 Å². The van der Waals surface area contributed by atoms with Crippen LogP contribution in [0.15, 0.2) is 54.6 Å². The molecule has 1 N–H and O–H groups in total. The second-order valence-electron chi connectivity index (χ2n) is 5.93. The third-order valence-corrected chi connectivity index (χ3v) is 4.43. The van der Waals surface area contributed by atoms with E-state index < -0.39 is 5.41 Å². The van der Waals surface area contributed by atoms with Crippen LogP contribution < -0.4 is 10.1 Å². The highest BCUT2D eigenvalue weighted by molar-refractivity contribution is 5.88. The maximum atomic E-state index is 13.2. The van der Waals surface area contributed by atoms with Gasteiger partial charge in [0.15, 0.2) is 0 Å². The quantitative estimate of drug-likeness (QED) is 0.560. The molecule has 0 fully saturated rings. The largest absolute Gasteiger partial charge is 0.497 e. The van der Waals surface area contributed by atoms with Crippen molar-refractivity contribution in [2.45, 2.75) is 25.2 Å². The van der Waals surface area contributed by atoms with Gasteiger partial charge in [-0.05, 0) is 56.6 Å². The summed E-state index contributed by atoms with van der Waals surface area (Å²) in [5.74, 6) is 0.515. The molecule has 2 aromatic carbocycles. The second-order valence-corrected chi connectivity index (χ2v) is 5.93. The first-order valence-electron chi connectivity index (χ1n) is 8.71. The molecule has 4 heteroatoms. The summed E-state index contributed by atoms with van der Waals surface area (Å²) in [5, 5.41) is 3.16. The molecule has 0 saturated carbocycles. The zero-order valence-electron chi connectivity index (χ0n) is 15.2. The molecule has 25 heavy (non-hydrogen) atoms. The third-order valence-electron chi connectivity index (χ3n) is 4.43. The van der Waals surface area contributed by atoms with Crippen molar-refractivity contribution in [3.63, 3.8) is 0 Å². The van der Waals surface area contributed by atoms with Crippen molar-refractivity contribution >= 4 is 5.97 Å². The summed E-state index contributed by atoms with van der Waals surface area (Å²) in [7, 11) is 3.55. The number of rotatable bonds is 9. The van der Waals surface area contributed by atoms with E-state index in [-0.39, 0.29) is 5.97 Å².